The van der Waals surface area contributed by atoms with Crippen LogP contribution in [-0.4, -0.2) is 14.0 Å². The fourth-order valence-electron chi connectivity index (χ4n) is 3.76. The summed E-state index contributed by atoms with van der Waals surface area (Å²) in [5.74, 6) is 0. The van der Waals surface area contributed by atoms with Crippen LogP contribution < -0.4 is 0 Å². The summed E-state index contributed by atoms with van der Waals surface area (Å²) >= 11 is 0. The van der Waals surface area contributed by atoms with Crippen LogP contribution in [0.15, 0.2) is 61.1 Å². The van der Waals surface area contributed by atoms with E-state index in [-0.39, 0.29) is 10.8 Å². The van der Waals surface area contributed by atoms with E-state index in [2.05, 4.69) is 100 Å². The van der Waals surface area contributed by atoms with E-state index in [4.69, 9.17) is 5.10 Å². The van der Waals surface area contributed by atoms with Gasteiger partial charge in [0, 0.05) is 30.5 Å². The van der Waals surface area contributed by atoms with Crippen molar-refractivity contribution in [2.45, 2.75) is 51.9 Å². The highest BCUT2D eigenvalue weighted by Gasteiger charge is 2.25. The van der Waals surface area contributed by atoms with Gasteiger partial charge in [-0.1, -0.05) is 46.8 Å². The fourth-order valence-corrected chi connectivity index (χ4v) is 3.76. The molecule has 0 aliphatic heterocycles. The smallest absolute Gasteiger partial charge is 0.0664 e. The fraction of sp³-hybridized carbons (Fsp3) is 0.348. The summed E-state index contributed by atoms with van der Waals surface area (Å²) in [7, 11) is 0. The van der Waals surface area contributed by atoms with Gasteiger partial charge in [0.2, 0.25) is 0 Å². The Balaban J connectivity index is 1.71. The van der Waals surface area contributed by atoms with Crippen molar-refractivity contribution in [3.63, 3.8) is 0 Å². The molecule has 0 aliphatic rings. The van der Waals surface area contributed by atoms with Crippen LogP contribution in [0.1, 0.15) is 51.4 Å². The first-order valence-electron chi connectivity index (χ1n) is 9.29. The summed E-state index contributed by atoms with van der Waals surface area (Å²) < 4.78 is 4.22. The molecule has 0 amide bonds. The number of hydrogen-bond donors (Lipinski definition) is 0. The second-order valence-electron chi connectivity index (χ2n) is 8.96. The zero-order chi connectivity index (χ0) is 18.5. The lowest BCUT2D eigenvalue weighted by molar-refractivity contribution is 0.515. The van der Waals surface area contributed by atoms with Crippen molar-refractivity contribution in [1.82, 2.24) is 14.0 Å². The van der Waals surface area contributed by atoms with Gasteiger partial charge >= 0.3 is 0 Å². The molecule has 3 heteroatoms. The van der Waals surface area contributed by atoms with Crippen molar-refractivity contribution in [3.8, 4) is 0 Å². The second-order valence-corrected chi connectivity index (χ2v) is 8.96. The van der Waals surface area contributed by atoms with E-state index in [1.165, 1.54) is 16.6 Å². The van der Waals surface area contributed by atoms with Crippen molar-refractivity contribution in [2.75, 3.05) is 0 Å². The molecule has 4 aromatic rings. The SMILES string of the molecule is CC(C)(C)c1ccc2cc(CC(C)(C)c3cccn4cccc34)nn2c1. The van der Waals surface area contributed by atoms with Crippen molar-refractivity contribution in [2.24, 2.45) is 0 Å². The summed E-state index contributed by atoms with van der Waals surface area (Å²) in [6.45, 7) is 11.3. The van der Waals surface area contributed by atoms with Gasteiger partial charge in [-0.3, -0.25) is 0 Å². The van der Waals surface area contributed by atoms with Gasteiger partial charge in [-0.05, 0) is 52.3 Å². The van der Waals surface area contributed by atoms with E-state index in [9.17, 15) is 0 Å². The van der Waals surface area contributed by atoms with Gasteiger partial charge in [0.05, 0.1) is 11.2 Å². The normalized spacial score (nSPS) is 13.0. The lowest BCUT2D eigenvalue weighted by Crippen LogP contribution is -2.21. The van der Waals surface area contributed by atoms with Gasteiger partial charge in [0.1, 0.15) is 0 Å². The van der Waals surface area contributed by atoms with Crippen LogP contribution in [0.5, 0.6) is 0 Å². The minimum absolute atomic E-state index is 0.00561. The molecule has 0 saturated carbocycles. The van der Waals surface area contributed by atoms with Crippen molar-refractivity contribution < 1.29 is 0 Å². The van der Waals surface area contributed by atoms with Gasteiger partial charge in [-0.15, -0.1) is 0 Å². The van der Waals surface area contributed by atoms with Crippen LogP contribution in [0.3, 0.4) is 0 Å². The molecule has 4 aromatic heterocycles. The third kappa shape index (κ3) is 2.92. The van der Waals surface area contributed by atoms with Gasteiger partial charge in [0.25, 0.3) is 0 Å². The van der Waals surface area contributed by atoms with E-state index in [0.717, 1.165) is 17.6 Å². The summed E-state index contributed by atoms with van der Waals surface area (Å²) in [5, 5.41) is 4.88. The summed E-state index contributed by atoms with van der Waals surface area (Å²) in [6.07, 6.45) is 7.28. The monoisotopic (exact) mass is 345 g/mol. The van der Waals surface area contributed by atoms with E-state index in [1.54, 1.807) is 0 Å². The molecule has 3 nitrogen and oxygen atoms in total. The second kappa shape index (κ2) is 5.73. The molecule has 0 spiro atoms. The Morgan fingerprint density at radius 3 is 2.38 bits per heavy atom. The highest BCUT2D eigenvalue weighted by molar-refractivity contribution is 5.58. The van der Waals surface area contributed by atoms with Gasteiger partial charge in [0.15, 0.2) is 0 Å². The number of hydrogen-bond acceptors (Lipinski definition) is 1. The number of fused-ring (bicyclic) bond motifs is 2. The van der Waals surface area contributed by atoms with Crippen LogP contribution in [0.4, 0.5) is 0 Å². The Morgan fingerprint density at radius 2 is 1.65 bits per heavy atom. The first-order chi connectivity index (χ1) is 12.2. The highest BCUT2D eigenvalue weighted by atomic mass is 15.2. The lowest BCUT2D eigenvalue weighted by atomic mass is 9.80. The van der Waals surface area contributed by atoms with Crippen LogP contribution in [0.25, 0.3) is 11.0 Å². The van der Waals surface area contributed by atoms with Crippen LogP contribution >= 0.6 is 0 Å². The molecule has 0 fully saturated rings. The van der Waals surface area contributed by atoms with E-state index >= 15 is 0 Å². The van der Waals surface area contributed by atoms with Crippen molar-refractivity contribution in [1.29, 1.82) is 0 Å². The quantitative estimate of drug-likeness (QED) is 0.487. The number of nitrogens with zero attached hydrogens (tertiary/aromatic N) is 3. The Hall–Kier alpha value is -2.55. The zero-order valence-corrected chi connectivity index (χ0v) is 16.3. The highest BCUT2D eigenvalue weighted by Crippen LogP contribution is 2.31. The Morgan fingerprint density at radius 1 is 0.923 bits per heavy atom. The molecule has 0 N–H and O–H groups in total. The van der Waals surface area contributed by atoms with Crippen LogP contribution in [-0.2, 0) is 17.3 Å². The molecule has 26 heavy (non-hydrogen) atoms. The Bertz CT molecular complexity index is 1070. The third-order valence-corrected chi connectivity index (χ3v) is 5.29. The molecular formula is C23H27N3. The third-order valence-electron chi connectivity index (χ3n) is 5.29. The largest absolute Gasteiger partial charge is 0.324 e. The molecule has 0 bridgehead atoms. The molecule has 0 aromatic carbocycles. The lowest BCUT2D eigenvalue weighted by Gasteiger charge is -2.25. The Labute approximate surface area is 155 Å². The molecule has 0 aliphatic carbocycles. The van der Waals surface area contributed by atoms with Crippen LogP contribution in [0, 0.1) is 0 Å². The standard InChI is InChI=1S/C23H27N3/c1-22(2,3)17-10-11-19-14-18(24-26(19)16-17)15-23(4,5)20-8-6-12-25-13-7-9-21(20)25/h6-14,16H,15H2,1-5H3. The maximum absolute atomic E-state index is 4.88. The molecule has 4 heterocycles. The zero-order valence-electron chi connectivity index (χ0n) is 16.3. The predicted octanol–water partition coefficient (Wildman–Crippen LogP) is 5.40. The molecular weight excluding hydrogens is 318 g/mol. The molecule has 0 unspecified atom stereocenters. The summed E-state index contributed by atoms with van der Waals surface area (Å²) in [4.78, 5) is 0. The van der Waals surface area contributed by atoms with E-state index in [1.807, 2.05) is 4.52 Å². The topological polar surface area (TPSA) is 21.7 Å². The maximum atomic E-state index is 4.88. The minimum Gasteiger partial charge on any atom is -0.324 e. The first kappa shape index (κ1) is 16.9. The molecule has 0 radical (unpaired) electrons. The molecule has 134 valence electrons. The number of rotatable bonds is 3. The van der Waals surface area contributed by atoms with E-state index in [0.29, 0.717) is 0 Å². The first-order valence-corrected chi connectivity index (χ1v) is 9.29. The molecule has 0 saturated heterocycles. The van der Waals surface area contributed by atoms with Gasteiger partial charge < -0.3 is 4.40 Å². The maximum Gasteiger partial charge on any atom is 0.0664 e. The van der Waals surface area contributed by atoms with E-state index < -0.39 is 0 Å². The number of aromatic nitrogens is 3. The molecule has 0 atom stereocenters. The van der Waals surface area contributed by atoms with Crippen molar-refractivity contribution >= 4 is 11.0 Å². The van der Waals surface area contributed by atoms with Gasteiger partial charge in [-0.25, -0.2) is 4.52 Å². The average Bonchev–Trinajstić information content (AvgIpc) is 3.17. The summed E-state index contributed by atoms with van der Waals surface area (Å²) in [5.41, 5.74) is 6.36. The van der Waals surface area contributed by atoms with Gasteiger partial charge in [-0.2, -0.15) is 5.10 Å². The van der Waals surface area contributed by atoms with Crippen molar-refractivity contribution in [3.05, 3.63) is 77.9 Å². The average molecular weight is 345 g/mol. The summed E-state index contributed by atoms with van der Waals surface area (Å²) in [6, 6.07) is 15.3. The van der Waals surface area contributed by atoms with Crippen LogP contribution in [0.2, 0.25) is 0 Å². The minimum atomic E-state index is 0.00561. The number of pyridine rings is 2. The Kier molecular flexibility index (Phi) is 3.72. The predicted molar refractivity (Wildman–Crippen MR) is 108 cm³/mol. The molecule has 4 rings (SSSR count).